The monoisotopic (exact) mass is 457 g/mol. The SMILES string of the molecule is NC(=O)c1ccccc1CN(C(=O)c1cccnc1Cl)[C@@H]1CCc2c(F)cc(Cl)cc21. The molecular weight excluding hydrogens is 440 g/mol. The molecule has 4 rings (SSSR count). The van der Waals surface area contributed by atoms with Gasteiger partial charge in [-0.05, 0) is 59.9 Å². The first-order valence-corrected chi connectivity index (χ1v) is 10.4. The van der Waals surface area contributed by atoms with E-state index in [1.165, 1.54) is 12.3 Å². The van der Waals surface area contributed by atoms with Gasteiger partial charge in [0.1, 0.15) is 11.0 Å². The number of nitrogens with zero attached hydrogens (tertiary/aromatic N) is 2. The van der Waals surface area contributed by atoms with E-state index in [1.54, 1.807) is 47.4 Å². The molecule has 0 bridgehead atoms. The second-order valence-corrected chi connectivity index (χ2v) is 8.10. The zero-order chi connectivity index (χ0) is 22.1. The molecule has 5 nitrogen and oxygen atoms in total. The van der Waals surface area contributed by atoms with Crippen molar-refractivity contribution < 1.29 is 14.0 Å². The van der Waals surface area contributed by atoms with Gasteiger partial charge < -0.3 is 10.6 Å². The molecule has 1 aliphatic carbocycles. The molecule has 1 heterocycles. The smallest absolute Gasteiger partial charge is 0.257 e. The van der Waals surface area contributed by atoms with Crippen molar-refractivity contribution in [2.45, 2.75) is 25.4 Å². The third-order valence-corrected chi connectivity index (χ3v) is 5.99. The molecule has 2 amide bonds. The van der Waals surface area contributed by atoms with Gasteiger partial charge in [-0.1, -0.05) is 41.4 Å². The Hall–Kier alpha value is -2.96. The molecule has 0 aliphatic heterocycles. The van der Waals surface area contributed by atoms with Gasteiger partial charge in [-0.25, -0.2) is 9.37 Å². The van der Waals surface area contributed by atoms with Gasteiger partial charge in [-0.2, -0.15) is 0 Å². The highest BCUT2D eigenvalue weighted by Gasteiger charge is 2.34. The molecule has 2 aromatic carbocycles. The number of hydrogen-bond donors (Lipinski definition) is 1. The van der Waals surface area contributed by atoms with Gasteiger partial charge in [0, 0.05) is 23.3 Å². The molecule has 0 spiro atoms. The van der Waals surface area contributed by atoms with Crippen LogP contribution in [0.25, 0.3) is 0 Å². The van der Waals surface area contributed by atoms with Gasteiger partial charge in [0.15, 0.2) is 0 Å². The molecule has 1 aromatic heterocycles. The Morgan fingerprint density at radius 2 is 1.87 bits per heavy atom. The third kappa shape index (κ3) is 4.13. The molecule has 2 N–H and O–H groups in total. The minimum absolute atomic E-state index is 0.0659. The summed E-state index contributed by atoms with van der Waals surface area (Å²) in [5, 5.41) is 0.323. The lowest BCUT2D eigenvalue weighted by Gasteiger charge is -2.31. The highest BCUT2D eigenvalue weighted by atomic mass is 35.5. The lowest BCUT2D eigenvalue weighted by atomic mass is 10.0. The van der Waals surface area contributed by atoms with Gasteiger partial charge >= 0.3 is 0 Å². The van der Waals surface area contributed by atoms with Crippen LogP contribution in [0.1, 0.15) is 49.9 Å². The summed E-state index contributed by atoms with van der Waals surface area (Å²) in [6.45, 7) is 0.0847. The number of aromatic nitrogens is 1. The van der Waals surface area contributed by atoms with Crippen molar-refractivity contribution in [1.29, 1.82) is 0 Å². The van der Waals surface area contributed by atoms with Gasteiger partial charge in [0.2, 0.25) is 5.91 Å². The predicted octanol–water partition coefficient (Wildman–Crippen LogP) is 4.96. The Morgan fingerprint density at radius 3 is 2.61 bits per heavy atom. The van der Waals surface area contributed by atoms with E-state index in [4.69, 9.17) is 28.9 Å². The van der Waals surface area contributed by atoms with E-state index < -0.39 is 17.8 Å². The number of hydrogen-bond acceptors (Lipinski definition) is 3. The van der Waals surface area contributed by atoms with E-state index in [2.05, 4.69) is 4.98 Å². The molecule has 158 valence electrons. The number of amides is 2. The van der Waals surface area contributed by atoms with Crippen molar-refractivity contribution in [3.05, 3.63) is 98.5 Å². The normalized spacial score (nSPS) is 14.9. The Kier molecular flexibility index (Phi) is 5.94. The van der Waals surface area contributed by atoms with E-state index in [1.807, 2.05) is 0 Å². The van der Waals surface area contributed by atoms with Crippen LogP contribution >= 0.6 is 23.2 Å². The van der Waals surface area contributed by atoms with Crippen molar-refractivity contribution in [2.24, 2.45) is 5.73 Å². The standard InChI is InChI=1S/C23H18Cl2FN3O2/c24-14-10-18-16(19(26)11-14)7-8-20(18)29(23(31)17-6-3-9-28-21(17)25)12-13-4-1-2-5-15(13)22(27)30/h1-6,9-11,20H,7-8,12H2,(H2,27,30)/t20-/m1/s1. The Balaban J connectivity index is 1.81. The second-order valence-electron chi connectivity index (χ2n) is 7.31. The number of pyridine rings is 1. The molecule has 0 radical (unpaired) electrons. The van der Waals surface area contributed by atoms with E-state index >= 15 is 0 Å². The topological polar surface area (TPSA) is 76.3 Å². The van der Waals surface area contributed by atoms with Crippen molar-refractivity contribution in [2.75, 3.05) is 0 Å². The number of primary amides is 1. The van der Waals surface area contributed by atoms with Crippen molar-refractivity contribution in [3.8, 4) is 0 Å². The highest BCUT2D eigenvalue weighted by Crippen LogP contribution is 2.40. The predicted molar refractivity (Wildman–Crippen MR) is 117 cm³/mol. The summed E-state index contributed by atoms with van der Waals surface area (Å²) in [5.74, 6) is -1.37. The number of benzene rings is 2. The fourth-order valence-electron chi connectivity index (χ4n) is 4.05. The fourth-order valence-corrected chi connectivity index (χ4v) is 4.46. The van der Waals surface area contributed by atoms with Crippen LogP contribution in [-0.4, -0.2) is 21.7 Å². The van der Waals surface area contributed by atoms with Crippen molar-refractivity contribution in [1.82, 2.24) is 9.88 Å². The van der Waals surface area contributed by atoms with Crippen LogP contribution in [0.2, 0.25) is 10.2 Å². The largest absolute Gasteiger partial charge is 0.366 e. The first kappa shape index (κ1) is 21.3. The summed E-state index contributed by atoms with van der Waals surface area (Å²) >= 11 is 12.3. The number of nitrogens with two attached hydrogens (primary N) is 1. The zero-order valence-corrected chi connectivity index (χ0v) is 17.8. The van der Waals surface area contributed by atoms with E-state index in [-0.39, 0.29) is 28.2 Å². The van der Waals surface area contributed by atoms with Crippen molar-refractivity contribution in [3.63, 3.8) is 0 Å². The molecule has 0 fully saturated rings. The summed E-state index contributed by atoms with van der Waals surface area (Å²) < 4.78 is 14.5. The van der Waals surface area contributed by atoms with Crippen LogP contribution in [0.5, 0.6) is 0 Å². The Morgan fingerprint density at radius 1 is 1.13 bits per heavy atom. The molecule has 8 heteroatoms. The minimum atomic E-state index is -0.594. The number of carbonyl (C=O) groups is 2. The molecule has 1 aliphatic rings. The number of rotatable bonds is 5. The lowest BCUT2D eigenvalue weighted by Crippen LogP contribution is -2.34. The molecule has 0 saturated carbocycles. The third-order valence-electron chi connectivity index (χ3n) is 5.47. The van der Waals surface area contributed by atoms with Gasteiger partial charge in [-0.15, -0.1) is 0 Å². The second kappa shape index (κ2) is 8.65. The van der Waals surface area contributed by atoms with Crippen molar-refractivity contribution >= 4 is 35.0 Å². The van der Waals surface area contributed by atoms with Crippen LogP contribution < -0.4 is 5.73 Å². The molecule has 1 atom stereocenters. The van der Waals surface area contributed by atoms with Crippen LogP contribution in [0, 0.1) is 5.82 Å². The summed E-state index contributed by atoms with van der Waals surface area (Å²) in [6, 6.07) is 12.5. The number of carbonyl (C=O) groups excluding carboxylic acids is 2. The molecular formula is C23H18Cl2FN3O2. The van der Waals surface area contributed by atoms with Gasteiger partial charge in [0.25, 0.3) is 5.91 Å². The number of fused-ring (bicyclic) bond motifs is 1. The fraction of sp³-hybridized carbons (Fsp3) is 0.174. The van der Waals surface area contributed by atoms with Gasteiger partial charge in [-0.3, -0.25) is 9.59 Å². The van der Waals surface area contributed by atoms with E-state index in [0.717, 1.165) is 0 Å². The lowest BCUT2D eigenvalue weighted by molar-refractivity contribution is 0.0656. The quantitative estimate of drug-likeness (QED) is 0.550. The summed E-state index contributed by atoms with van der Waals surface area (Å²) in [6.07, 6.45) is 2.46. The number of halogens is 3. The molecule has 0 unspecified atom stereocenters. The van der Waals surface area contributed by atoms with E-state index in [9.17, 15) is 14.0 Å². The van der Waals surface area contributed by atoms with Gasteiger partial charge in [0.05, 0.1) is 11.6 Å². The maximum atomic E-state index is 14.5. The first-order valence-electron chi connectivity index (χ1n) is 9.64. The molecule has 3 aromatic rings. The zero-order valence-electron chi connectivity index (χ0n) is 16.3. The average Bonchev–Trinajstić information content (AvgIpc) is 3.16. The minimum Gasteiger partial charge on any atom is -0.366 e. The van der Waals surface area contributed by atoms with Crippen LogP contribution in [0.4, 0.5) is 4.39 Å². The Bertz CT molecular complexity index is 1190. The Labute approximate surface area is 188 Å². The summed E-state index contributed by atoms with van der Waals surface area (Å²) in [4.78, 5) is 31.1. The first-order chi connectivity index (χ1) is 14.9. The average molecular weight is 458 g/mol. The summed E-state index contributed by atoms with van der Waals surface area (Å²) in [5.41, 5.74) is 7.83. The van der Waals surface area contributed by atoms with Crippen LogP contribution in [0.15, 0.2) is 54.7 Å². The molecule has 0 saturated heterocycles. The van der Waals surface area contributed by atoms with E-state index in [0.29, 0.717) is 35.1 Å². The molecule has 31 heavy (non-hydrogen) atoms. The van der Waals surface area contributed by atoms with Crippen LogP contribution in [-0.2, 0) is 13.0 Å². The highest BCUT2D eigenvalue weighted by molar-refractivity contribution is 6.32. The summed E-state index contributed by atoms with van der Waals surface area (Å²) in [7, 11) is 0. The van der Waals surface area contributed by atoms with Crippen LogP contribution in [0.3, 0.4) is 0 Å². The maximum Gasteiger partial charge on any atom is 0.257 e. The maximum absolute atomic E-state index is 14.5.